The van der Waals surface area contributed by atoms with Crippen LogP contribution in [0.15, 0.2) is 0 Å². The molecular weight excluding hydrogens is 192 g/mol. The largest absolute Gasteiger partial charge is 0.381 e. The third-order valence-electron chi connectivity index (χ3n) is 3.20. The number of nitrogens with two attached hydrogens (primary N) is 1. The lowest BCUT2D eigenvalue weighted by Crippen LogP contribution is -2.49. The highest BCUT2D eigenvalue weighted by molar-refractivity contribution is 5.79. The molecule has 0 saturated carbocycles. The summed E-state index contributed by atoms with van der Waals surface area (Å²) < 4.78 is 5.20. The first-order valence-electron chi connectivity index (χ1n) is 5.71. The Morgan fingerprint density at radius 1 is 1.67 bits per heavy atom. The number of nitrogens with one attached hydrogen (secondary N) is 1. The number of rotatable bonds is 5. The van der Waals surface area contributed by atoms with Gasteiger partial charge in [0, 0.05) is 12.1 Å². The minimum Gasteiger partial charge on any atom is -0.381 e. The molecule has 3 N–H and O–H groups in total. The summed E-state index contributed by atoms with van der Waals surface area (Å²) in [7, 11) is 0. The predicted octanol–water partition coefficient (Wildman–Crippen LogP) is 0.657. The van der Waals surface area contributed by atoms with Crippen LogP contribution in [0, 0.1) is 5.92 Å². The molecule has 4 heteroatoms. The Hall–Kier alpha value is -0.610. The molecule has 1 fully saturated rings. The molecule has 88 valence electrons. The summed E-state index contributed by atoms with van der Waals surface area (Å²) in [6.07, 6.45) is 2.57. The zero-order chi connectivity index (χ0) is 11.3. The maximum atomic E-state index is 11.9. The van der Waals surface area contributed by atoms with Crippen LogP contribution in [0.5, 0.6) is 0 Å². The first-order valence-corrected chi connectivity index (χ1v) is 5.71. The van der Waals surface area contributed by atoms with Crippen molar-refractivity contribution in [1.29, 1.82) is 0 Å². The highest BCUT2D eigenvalue weighted by Gasteiger charge is 2.29. The molecule has 0 aromatic carbocycles. The van der Waals surface area contributed by atoms with Gasteiger partial charge in [0.2, 0.25) is 5.91 Å². The predicted molar refractivity (Wildman–Crippen MR) is 59.4 cm³/mol. The van der Waals surface area contributed by atoms with Crippen LogP contribution in [0.1, 0.15) is 33.1 Å². The number of hydrogen-bond donors (Lipinski definition) is 2. The average molecular weight is 214 g/mol. The first kappa shape index (κ1) is 12.5. The van der Waals surface area contributed by atoms with Gasteiger partial charge in [-0.3, -0.25) is 4.79 Å². The zero-order valence-electron chi connectivity index (χ0n) is 9.71. The van der Waals surface area contributed by atoms with Gasteiger partial charge in [-0.15, -0.1) is 0 Å². The van der Waals surface area contributed by atoms with Gasteiger partial charge in [0.25, 0.3) is 0 Å². The van der Waals surface area contributed by atoms with Crippen LogP contribution in [0.3, 0.4) is 0 Å². The van der Waals surface area contributed by atoms with E-state index in [4.69, 9.17) is 10.5 Å². The Morgan fingerprint density at radius 3 is 2.87 bits per heavy atom. The summed E-state index contributed by atoms with van der Waals surface area (Å²) in [6.45, 7) is 5.99. The maximum Gasteiger partial charge on any atom is 0.225 e. The SMILES string of the molecule is CCC(C)(CCN)NC(=O)C1CCOC1. The van der Waals surface area contributed by atoms with E-state index < -0.39 is 0 Å². The van der Waals surface area contributed by atoms with Gasteiger partial charge in [-0.05, 0) is 32.7 Å². The van der Waals surface area contributed by atoms with Crippen LogP contribution in [-0.2, 0) is 9.53 Å². The van der Waals surface area contributed by atoms with E-state index >= 15 is 0 Å². The van der Waals surface area contributed by atoms with Crippen molar-refractivity contribution in [3.63, 3.8) is 0 Å². The van der Waals surface area contributed by atoms with Crippen LogP contribution >= 0.6 is 0 Å². The normalized spacial score (nSPS) is 24.9. The number of ether oxygens (including phenoxy) is 1. The fourth-order valence-corrected chi connectivity index (χ4v) is 1.79. The quantitative estimate of drug-likeness (QED) is 0.706. The van der Waals surface area contributed by atoms with Crippen molar-refractivity contribution in [2.75, 3.05) is 19.8 Å². The van der Waals surface area contributed by atoms with Crippen LogP contribution in [0.25, 0.3) is 0 Å². The molecule has 15 heavy (non-hydrogen) atoms. The monoisotopic (exact) mass is 214 g/mol. The molecule has 0 bridgehead atoms. The van der Waals surface area contributed by atoms with Crippen molar-refractivity contribution in [1.82, 2.24) is 5.32 Å². The van der Waals surface area contributed by atoms with Gasteiger partial charge < -0.3 is 15.8 Å². The Morgan fingerprint density at radius 2 is 2.40 bits per heavy atom. The lowest BCUT2D eigenvalue weighted by atomic mass is 9.93. The van der Waals surface area contributed by atoms with E-state index in [-0.39, 0.29) is 17.4 Å². The number of carbonyl (C=O) groups excluding carboxylic acids is 1. The molecule has 2 atom stereocenters. The van der Waals surface area contributed by atoms with E-state index in [2.05, 4.69) is 12.2 Å². The van der Waals surface area contributed by atoms with Gasteiger partial charge in [0.15, 0.2) is 0 Å². The van der Waals surface area contributed by atoms with E-state index in [1.54, 1.807) is 0 Å². The summed E-state index contributed by atoms with van der Waals surface area (Å²) in [5.74, 6) is 0.152. The summed E-state index contributed by atoms with van der Waals surface area (Å²) >= 11 is 0. The second kappa shape index (κ2) is 5.47. The van der Waals surface area contributed by atoms with Crippen molar-refractivity contribution >= 4 is 5.91 Å². The van der Waals surface area contributed by atoms with E-state index in [1.165, 1.54) is 0 Å². The lowest BCUT2D eigenvalue weighted by molar-refractivity contribution is -0.126. The molecule has 1 aliphatic rings. The molecule has 1 rings (SSSR count). The third kappa shape index (κ3) is 3.47. The molecule has 4 nitrogen and oxygen atoms in total. The molecule has 0 spiro atoms. The zero-order valence-corrected chi connectivity index (χ0v) is 9.71. The van der Waals surface area contributed by atoms with E-state index in [9.17, 15) is 4.79 Å². The second-order valence-electron chi connectivity index (χ2n) is 4.50. The standard InChI is InChI=1S/C11H22N2O2/c1-3-11(2,5-6-12)13-10(14)9-4-7-15-8-9/h9H,3-8,12H2,1-2H3,(H,13,14). The van der Waals surface area contributed by atoms with Crippen LogP contribution < -0.4 is 11.1 Å². The summed E-state index contributed by atoms with van der Waals surface area (Å²) in [5.41, 5.74) is 5.39. The fraction of sp³-hybridized carbons (Fsp3) is 0.909. The van der Waals surface area contributed by atoms with Crippen molar-refractivity contribution in [3.8, 4) is 0 Å². The number of hydrogen-bond acceptors (Lipinski definition) is 3. The fourth-order valence-electron chi connectivity index (χ4n) is 1.79. The molecule has 0 radical (unpaired) electrons. The van der Waals surface area contributed by atoms with E-state index in [0.717, 1.165) is 19.3 Å². The Balaban J connectivity index is 2.46. The van der Waals surface area contributed by atoms with Gasteiger partial charge in [0.1, 0.15) is 0 Å². The molecule has 1 saturated heterocycles. The van der Waals surface area contributed by atoms with Crippen molar-refractivity contribution in [2.24, 2.45) is 11.7 Å². The average Bonchev–Trinajstić information content (AvgIpc) is 2.71. The molecule has 0 aromatic rings. The highest BCUT2D eigenvalue weighted by atomic mass is 16.5. The van der Waals surface area contributed by atoms with Gasteiger partial charge in [0.05, 0.1) is 12.5 Å². The number of amides is 1. The van der Waals surface area contributed by atoms with Crippen molar-refractivity contribution in [3.05, 3.63) is 0 Å². The molecule has 0 aromatic heterocycles. The van der Waals surface area contributed by atoms with Crippen LogP contribution in [0.4, 0.5) is 0 Å². The molecule has 2 unspecified atom stereocenters. The second-order valence-corrected chi connectivity index (χ2v) is 4.50. The van der Waals surface area contributed by atoms with Crippen LogP contribution in [0.2, 0.25) is 0 Å². The maximum absolute atomic E-state index is 11.9. The number of carbonyl (C=O) groups is 1. The first-order chi connectivity index (χ1) is 7.11. The van der Waals surface area contributed by atoms with Gasteiger partial charge in [-0.2, -0.15) is 0 Å². The van der Waals surface area contributed by atoms with Gasteiger partial charge in [-0.25, -0.2) is 0 Å². The van der Waals surface area contributed by atoms with Gasteiger partial charge in [-0.1, -0.05) is 6.92 Å². The Kier molecular flexibility index (Phi) is 4.54. The highest BCUT2D eigenvalue weighted by Crippen LogP contribution is 2.17. The van der Waals surface area contributed by atoms with Gasteiger partial charge >= 0.3 is 0 Å². The topological polar surface area (TPSA) is 64.3 Å². The lowest BCUT2D eigenvalue weighted by Gasteiger charge is -2.30. The Bertz CT molecular complexity index is 215. The summed E-state index contributed by atoms with van der Waals surface area (Å²) in [5, 5.41) is 3.09. The van der Waals surface area contributed by atoms with Crippen molar-refractivity contribution in [2.45, 2.75) is 38.6 Å². The minimum absolute atomic E-state index is 0.0358. The smallest absolute Gasteiger partial charge is 0.225 e. The molecule has 1 heterocycles. The van der Waals surface area contributed by atoms with E-state index in [0.29, 0.717) is 19.8 Å². The summed E-state index contributed by atoms with van der Waals surface area (Å²) in [6, 6.07) is 0. The molecule has 0 aliphatic carbocycles. The minimum atomic E-state index is -0.158. The molecule has 1 amide bonds. The Labute approximate surface area is 91.5 Å². The molecule has 1 aliphatic heterocycles. The van der Waals surface area contributed by atoms with E-state index in [1.807, 2.05) is 6.92 Å². The summed E-state index contributed by atoms with van der Waals surface area (Å²) in [4.78, 5) is 11.9. The third-order valence-corrected chi connectivity index (χ3v) is 3.20. The van der Waals surface area contributed by atoms with Crippen molar-refractivity contribution < 1.29 is 9.53 Å². The van der Waals surface area contributed by atoms with Crippen LogP contribution in [-0.4, -0.2) is 31.2 Å². The molecular formula is C11H22N2O2.